The molecule has 156 valence electrons. The molecule has 0 aromatic carbocycles. The van der Waals surface area contributed by atoms with Crippen molar-refractivity contribution in [3.05, 3.63) is 28.9 Å². The molecule has 2 aromatic rings. The number of rotatable bonds is 4. The predicted molar refractivity (Wildman–Crippen MR) is 101 cm³/mol. The number of hydrogen-bond donors (Lipinski definition) is 1. The highest BCUT2D eigenvalue weighted by molar-refractivity contribution is 7.17. The number of carbonyl (C=O) groups excluding carboxylic acids is 2. The number of ether oxygens (including phenoxy) is 1. The van der Waals surface area contributed by atoms with Crippen LogP contribution in [0.1, 0.15) is 40.6 Å². The molecular formula is C19H20F3N3O3S. The number of aromatic nitrogens is 1. The lowest BCUT2D eigenvalue weighted by atomic mass is 9.79. The van der Waals surface area contributed by atoms with Crippen LogP contribution in [-0.4, -0.2) is 59.7 Å². The summed E-state index contributed by atoms with van der Waals surface area (Å²) < 4.78 is 41.9. The maximum absolute atomic E-state index is 12.8. The lowest BCUT2D eigenvalue weighted by Gasteiger charge is -2.49. The van der Waals surface area contributed by atoms with Crippen molar-refractivity contribution in [3.8, 4) is 0 Å². The van der Waals surface area contributed by atoms with Crippen LogP contribution in [0.5, 0.6) is 0 Å². The molecule has 3 saturated heterocycles. The molecule has 10 heteroatoms. The van der Waals surface area contributed by atoms with Gasteiger partial charge in [-0.05, 0) is 44.8 Å². The minimum atomic E-state index is -4.60. The fourth-order valence-electron chi connectivity index (χ4n) is 4.21. The summed E-state index contributed by atoms with van der Waals surface area (Å²) >= 11 is 1.16. The SMILES string of the molecule is C[C@H]1[C@H](NC(=O)c2cc3c(C(=O)OCC(F)(F)F)csc3cn2)C2CCN1CC2. The first-order chi connectivity index (χ1) is 13.7. The zero-order valence-corrected chi connectivity index (χ0v) is 16.5. The van der Waals surface area contributed by atoms with Crippen molar-refractivity contribution in [2.45, 2.75) is 38.0 Å². The number of pyridine rings is 1. The summed E-state index contributed by atoms with van der Waals surface area (Å²) in [5, 5.41) is 4.85. The van der Waals surface area contributed by atoms with E-state index in [0.29, 0.717) is 16.0 Å². The van der Waals surface area contributed by atoms with E-state index in [0.717, 1.165) is 37.3 Å². The van der Waals surface area contributed by atoms with Crippen molar-refractivity contribution >= 4 is 33.3 Å². The summed E-state index contributed by atoms with van der Waals surface area (Å²) in [5.74, 6) is -0.993. The van der Waals surface area contributed by atoms with Gasteiger partial charge in [-0.15, -0.1) is 11.3 Å². The molecule has 1 N–H and O–H groups in total. The second-order valence-corrected chi connectivity index (χ2v) is 8.43. The van der Waals surface area contributed by atoms with Gasteiger partial charge in [0.15, 0.2) is 6.61 Å². The van der Waals surface area contributed by atoms with Crippen LogP contribution in [0, 0.1) is 5.92 Å². The Morgan fingerprint density at radius 1 is 1.34 bits per heavy atom. The van der Waals surface area contributed by atoms with E-state index in [9.17, 15) is 22.8 Å². The first-order valence-corrected chi connectivity index (χ1v) is 10.3. The molecule has 5 rings (SSSR count). The van der Waals surface area contributed by atoms with Gasteiger partial charge in [-0.25, -0.2) is 9.78 Å². The van der Waals surface area contributed by atoms with E-state index in [1.165, 1.54) is 17.6 Å². The van der Waals surface area contributed by atoms with Gasteiger partial charge in [0.2, 0.25) is 0 Å². The Bertz CT molecular complexity index is 936. The maximum Gasteiger partial charge on any atom is 0.422 e. The van der Waals surface area contributed by atoms with Crippen LogP contribution in [0.4, 0.5) is 13.2 Å². The molecule has 3 aliphatic rings. The number of amides is 1. The average Bonchev–Trinajstić information content (AvgIpc) is 3.12. The Morgan fingerprint density at radius 3 is 2.72 bits per heavy atom. The van der Waals surface area contributed by atoms with Gasteiger partial charge in [0, 0.05) is 29.0 Å². The highest BCUT2D eigenvalue weighted by Crippen LogP contribution is 2.32. The van der Waals surface area contributed by atoms with Crippen LogP contribution in [0.3, 0.4) is 0 Å². The quantitative estimate of drug-likeness (QED) is 0.759. The number of carbonyl (C=O) groups is 2. The van der Waals surface area contributed by atoms with Gasteiger partial charge in [-0.3, -0.25) is 9.69 Å². The smallest absolute Gasteiger partial charge is 0.422 e. The molecule has 0 aliphatic carbocycles. The summed E-state index contributed by atoms with van der Waals surface area (Å²) in [5.41, 5.74) is 0.131. The Balaban J connectivity index is 1.52. The van der Waals surface area contributed by atoms with Crippen molar-refractivity contribution < 1.29 is 27.5 Å². The third-order valence-electron chi connectivity index (χ3n) is 5.76. The Morgan fingerprint density at radius 2 is 2.07 bits per heavy atom. The second-order valence-electron chi connectivity index (χ2n) is 7.52. The number of thiophene rings is 1. The molecule has 29 heavy (non-hydrogen) atoms. The number of fused-ring (bicyclic) bond motifs is 4. The van der Waals surface area contributed by atoms with Gasteiger partial charge in [-0.2, -0.15) is 13.2 Å². The number of nitrogens with one attached hydrogen (secondary N) is 1. The molecule has 2 bridgehead atoms. The normalized spacial score (nSPS) is 26.5. The molecule has 2 atom stereocenters. The lowest BCUT2D eigenvalue weighted by Crippen LogP contribution is -2.62. The Hall–Kier alpha value is -2.20. The number of piperidine rings is 3. The van der Waals surface area contributed by atoms with Crippen LogP contribution >= 0.6 is 11.3 Å². The fraction of sp³-hybridized carbons (Fsp3) is 0.526. The van der Waals surface area contributed by atoms with Crippen molar-refractivity contribution in [1.29, 1.82) is 0 Å². The number of halogens is 3. The maximum atomic E-state index is 12.8. The topological polar surface area (TPSA) is 71.5 Å². The van der Waals surface area contributed by atoms with Crippen LogP contribution in [0.2, 0.25) is 0 Å². The van der Waals surface area contributed by atoms with E-state index >= 15 is 0 Å². The molecule has 6 nitrogen and oxygen atoms in total. The lowest BCUT2D eigenvalue weighted by molar-refractivity contribution is -0.161. The van der Waals surface area contributed by atoms with Crippen molar-refractivity contribution in [1.82, 2.24) is 15.2 Å². The average molecular weight is 427 g/mol. The van der Waals surface area contributed by atoms with Gasteiger partial charge < -0.3 is 10.1 Å². The van der Waals surface area contributed by atoms with E-state index < -0.39 is 18.8 Å². The number of alkyl halides is 3. The number of esters is 1. The minimum Gasteiger partial charge on any atom is -0.452 e. The van der Waals surface area contributed by atoms with E-state index in [-0.39, 0.29) is 29.2 Å². The Kier molecular flexibility index (Phi) is 5.24. The molecular weight excluding hydrogens is 407 g/mol. The highest BCUT2D eigenvalue weighted by Gasteiger charge is 2.40. The van der Waals surface area contributed by atoms with Crippen LogP contribution < -0.4 is 5.32 Å². The Labute approximate surface area is 169 Å². The summed E-state index contributed by atoms with van der Waals surface area (Å²) in [6.07, 6.45) is -1.06. The second kappa shape index (κ2) is 7.56. The molecule has 5 heterocycles. The third kappa shape index (κ3) is 4.09. The van der Waals surface area contributed by atoms with Crippen molar-refractivity contribution in [2.75, 3.05) is 19.7 Å². The zero-order valence-electron chi connectivity index (χ0n) is 15.7. The predicted octanol–water partition coefficient (Wildman–Crippen LogP) is 3.23. The number of hydrogen-bond acceptors (Lipinski definition) is 6. The van der Waals surface area contributed by atoms with Crippen LogP contribution in [0.25, 0.3) is 10.1 Å². The summed E-state index contributed by atoms with van der Waals surface area (Å²) in [7, 11) is 0. The van der Waals surface area contributed by atoms with Gasteiger partial charge in [0.25, 0.3) is 5.91 Å². The van der Waals surface area contributed by atoms with E-state index in [1.54, 1.807) is 0 Å². The first kappa shape index (κ1) is 20.1. The van der Waals surface area contributed by atoms with Gasteiger partial charge in [-0.1, -0.05) is 0 Å². The van der Waals surface area contributed by atoms with E-state index in [2.05, 4.69) is 26.9 Å². The van der Waals surface area contributed by atoms with Gasteiger partial charge in [0.05, 0.1) is 10.3 Å². The molecule has 0 radical (unpaired) electrons. The van der Waals surface area contributed by atoms with Crippen LogP contribution in [-0.2, 0) is 4.74 Å². The molecule has 0 spiro atoms. The largest absolute Gasteiger partial charge is 0.452 e. The zero-order chi connectivity index (χ0) is 20.8. The van der Waals surface area contributed by atoms with Crippen molar-refractivity contribution in [3.63, 3.8) is 0 Å². The standard InChI is InChI=1S/C19H20F3N3O3S/c1-10-16(11-2-4-25(10)5-3-11)24-17(26)14-6-12-13(8-29-15(12)7-23-14)18(27)28-9-19(20,21)22/h6-8,10-11,16H,2-5,9H2,1H3,(H,24,26)/t10-,16-/m0/s1. The summed E-state index contributed by atoms with van der Waals surface area (Å²) in [6.45, 7) is 2.53. The molecule has 0 saturated carbocycles. The minimum absolute atomic E-state index is 0.00176. The van der Waals surface area contributed by atoms with E-state index in [4.69, 9.17) is 0 Å². The molecule has 0 unspecified atom stereocenters. The highest BCUT2D eigenvalue weighted by atomic mass is 32.1. The summed E-state index contributed by atoms with van der Waals surface area (Å²) in [6, 6.07) is 1.71. The van der Waals surface area contributed by atoms with Gasteiger partial charge >= 0.3 is 12.1 Å². The monoisotopic (exact) mass is 427 g/mol. The third-order valence-corrected chi connectivity index (χ3v) is 6.69. The first-order valence-electron chi connectivity index (χ1n) is 9.39. The van der Waals surface area contributed by atoms with Gasteiger partial charge in [0.1, 0.15) is 5.69 Å². The molecule has 3 aliphatic heterocycles. The molecule has 3 fully saturated rings. The molecule has 1 amide bonds. The van der Waals surface area contributed by atoms with Crippen LogP contribution in [0.15, 0.2) is 17.6 Å². The van der Waals surface area contributed by atoms with Crippen molar-refractivity contribution in [2.24, 2.45) is 5.92 Å². The van der Waals surface area contributed by atoms with E-state index in [1.807, 2.05) is 0 Å². The molecule has 2 aromatic heterocycles. The fourth-order valence-corrected chi connectivity index (χ4v) is 5.09. The summed E-state index contributed by atoms with van der Waals surface area (Å²) in [4.78, 5) is 31.4. The number of nitrogens with zero attached hydrogens (tertiary/aromatic N) is 2.